The molecule has 0 bridgehead atoms. The smallest absolute Gasteiger partial charge is 0.231 e. The van der Waals surface area contributed by atoms with Crippen molar-refractivity contribution in [3.8, 4) is 0 Å². The van der Waals surface area contributed by atoms with Gasteiger partial charge in [0, 0.05) is 81.1 Å². The molecule has 0 radical (unpaired) electrons. The third-order valence-electron chi connectivity index (χ3n) is 7.52. The molecule has 1 saturated heterocycles. The molecule has 5 rings (SSSR count). The van der Waals surface area contributed by atoms with E-state index in [4.69, 9.17) is 0 Å². The van der Waals surface area contributed by atoms with E-state index in [1.54, 1.807) is 0 Å². The summed E-state index contributed by atoms with van der Waals surface area (Å²) in [5.41, 5.74) is 4.48. The van der Waals surface area contributed by atoms with Crippen LogP contribution in [-0.4, -0.2) is 72.5 Å². The molecule has 9 nitrogen and oxygen atoms in total. The molecule has 1 aromatic heterocycles. The summed E-state index contributed by atoms with van der Waals surface area (Å²) in [5.74, 6) is -0.687. The SMILES string of the molecule is CC(=O)NC(CC(=O)N1c2ccccc2CCC1CN1CCN(c2cccc3[nH]ccc23)CC1)NC(C)=O. The van der Waals surface area contributed by atoms with Gasteiger partial charge >= 0.3 is 0 Å². The maximum Gasteiger partial charge on any atom is 0.231 e. The highest BCUT2D eigenvalue weighted by Crippen LogP contribution is 2.32. The number of hydrogen-bond donors (Lipinski definition) is 3. The van der Waals surface area contributed by atoms with Crippen molar-refractivity contribution >= 4 is 40.0 Å². The van der Waals surface area contributed by atoms with Gasteiger partial charge in [-0.25, -0.2) is 0 Å². The summed E-state index contributed by atoms with van der Waals surface area (Å²) in [4.78, 5) is 47.2. The standard InChI is InChI=1S/C29H36N6O3/c1-20(36)31-28(32-21(2)37)18-29(38)35-23(11-10-22-6-3-4-8-26(22)35)19-33-14-16-34(17-15-33)27-9-5-7-25-24(27)12-13-30-25/h3-9,12-13,23,28,30H,10-11,14-19H2,1-2H3,(H,31,36)(H,32,37). The molecule has 3 amide bonds. The summed E-state index contributed by atoms with van der Waals surface area (Å²) < 4.78 is 0. The number of aromatic nitrogens is 1. The zero-order valence-corrected chi connectivity index (χ0v) is 22.1. The first-order valence-electron chi connectivity index (χ1n) is 13.4. The largest absolute Gasteiger partial charge is 0.368 e. The Kier molecular flexibility index (Phi) is 7.64. The lowest BCUT2D eigenvalue weighted by atomic mass is 9.94. The second kappa shape index (κ2) is 11.3. The molecule has 3 aromatic rings. The van der Waals surface area contributed by atoms with Gasteiger partial charge in [-0.05, 0) is 42.7 Å². The molecule has 3 N–H and O–H groups in total. The van der Waals surface area contributed by atoms with Crippen molar-refractivity contribution < 1.29 is 14.4 Å². The average molecular weight is 517 g/mol. The molecule has 2 aliphatic rings. The lowest BCUT2D eigenvalue weighted by Crippen LogP contribution is -2.56. The number of hydrogen-bond acceptors (Lipinski definition) is 5. The molecule has 38 heavy (non-hydrogen) atoms. The lowest BCUT2D eigenvalue weighted by molar-refractivity contribution is -0.123. The fourth-order valence-corrected chi connectivity index (χ4v) is 5.83. The molecule has 9 heteroatoms. The average Bonchev–Trinajstić information content (AvgIpc) is 3.37. The van der Waals surface area contributed by atoms with E-state index in [1.165, 1.54) is 24.9 Å². The number of nitrogens with one attached hydrogen (secondary N) is 3. The Bertz CT molecular complexity index is 1300. The topological polar surface area (TPSA) is 101 Å². The maximum atomic E-state index is 13.7. The number of carbonyl (C=O) groups excluding carboxylic acids is 3. The fourth-order valence-electron chi connectivity index (χ4n) is 5.83. The van der Waals surface area contributed by atoms with E-state index in [0.717, 1.165) is 62.3 Å². The van der Waals surface area contributed by atoms with Gasteiger partial charge in [0.15, 0.2) is 0 Å². The zero-order valence-electron chi connectivity index (χ0n) is 22.1. The highest BCUT2D eigenvalue weighted by Gasteiger charge is 2.34. The minimum atomic E-state index is -0.744. The summed E-state index contributed by atoms with van der Waals surface area (Å²) in [6.45, 7) is 7.24. The van der Waals surface area contributed by atoms with E-state index in [9.17, 15) is 14.4 Å². The molecular formula is C29H36N6O3. The number of benzene rings is 2. The third-order valence-corrected chi connectivity index (χ3v) is 7.52. The number of piperazine rings is 1. The molecule has 200 valence electrons. The van der Waals surface area contributed by atoms with Gasteiger partial charge in [-0.1, -0.05) is 24.3 Å². The Balaban J connectivity index is 1.29. The number of amides is 3. The molecule has 0 aliphatic carbocycles. The van der Waals surface area contributed by atoms with E-state index < -0.39 is 6.17 Å². The number of rotatable bonds is 7. The Morgan fingerprint density at radius 2 is 1.63 bits per heavy atom. The highest BCUT2D eigenvalue weighted by molar-refractivity contribution is 5.96. The molecule has 1 fully saturated rings. The minimum Gasteiger partial charge on any atom is -0.368 e. The van der Waals surface area contributed by atoms with Gasteiger partial charge in [-0.2, -0.15) is 0 Å². The van der Waals surface area contributed by atoms with E-state index in [-0.39, 0.29) is 30.2 Å². The van der Waals surface area contributed by atoms with Crippen molar-refractivity contribution in [1.29, 1.82) is 0 Å². The van der Waals surface area contributed by atoms with Gasteiger partial charge in [0.2, 0.25) is 17.7 Å². The van der Waals surface area contributed by atoms with Crippen molar-refractivity contribution in [3.63, 3.8) is 0 Å². The molecule has 3 heterocycles. The third kappa shape index (κ3) is 5.67. The van der Waals surface area contributed by atoms with Crippen molar-refractivity contribution in [2.75, 3.05) is 42.5 Å². The summed E-state index contributed by atoms with van der Waals surface area (Å²) in [6.07, 6.45) is 3.03. The van der Waals surface area contributed by atoms with Crippen molar-refractivity contribution in [2.24, 2.45) is 0 Å². The van der Waals surface area contributed by atoms with Crippen molar-refractivity contribution in [3.05, 3.63) is 60.3 Å². The minimum absolute atomic E-state index is 0.00154. The number of aromatic amines is 1. The normalized spacial score (nSPS) is 17.9. The Labute approximate surface area is 223 Å². The van der Waals surface area contributed by atoms with Crippen LogP contribution < -0.4 is 20.4 Å². The number of aryl methyl sites for hydroxylation is 1. The highest BCUT2D eigenvalue weighted by atomic mass is 16.2. The molecular weight excluding hydrogens is 480 g/mol. The van der Waals surface area contributed by atoms with E-state index in [0.29, 0.717) is 0 Å². The van der Waals surface area contributed by atoms with Crippen LogP contribution in [0, 0.1) is 0 Å². The van der Waals surface area contributed by atoms with Crippen LogP contribution in [0.2, 0.25) is 0 Å². The zero-order chi connectivity index (χ0) is 26.6. The first kappa shape index (κ1) is 25.8. The van der Waals surface area contributed by atoms with Crippen LogP contribution in [0.15, 0.2) is 54.7 Å². The number of para-hydroxylation sites is 1. The number of carbonyl (C=O) groups is 3. The van der Waals surface area contributed by atoms with Crippen LogP contribution in [0.25, 0.3) is 10.9 Å². The molecule has 1 atom stereocenters. The first-order valence-corrected chi connectivity index (χ1v) is 13.4. The van der Waals surface area contributed by atoms with Crippen LogP contribution in [0.1, 0.15) is 32.3 Å². The Morgan fingerprint density at radius 1 is 0.921 bits per heavy atom. The molecule has 2 aromatic carbocycles. The van der Waals surface area contributed by atoms with E-state index >= 15 is 0 Å². The van der Waals surface area contributed by atoms with E-state index in [2.05, 4.69) is 55.7 Å². The Morgan fingerprint density at radius 3 is 2.37 bits per heavy atom. The van der Waals surface area contributed by atoms with Crippen LogP contribution in [0.4, 0.5) is 11.4 Å². The summed E-state index contributed by atoms with van der Waals surface area (Å²) in [7, 11) is 0. The van der Waals surface area contributed by atoms with Gasteiger partial charge < -0.3 is 25.4 Å². The van der Waals surface area contributed by atoms with Crippen molar-refractivity contribution in [1.82, 2.24) is 20.5 Å². The van der Waals surface area contributed by atoms with E-state index in [1.807, 2.05) is 29.3 Å². The lowest BCUT2D eigenvalue weighted by Gasteiger charge is -2.43. The number of anilines is 2. The van der Waals surface area contributed by atoms with Gasteiger partial charge in [0.25, 0.3) is 0 Å². The second-order valence-electron chi connectivity index (χ2n) is 10.2. The number of fused-ring (bicyclic) bond motifs is 2. The fraction of sp³-hybridized carbons (Fsp3) is 0.414. The second-order valence-corrected chi connectivity index (χ2v) is 10.2. The Hall–Kier alpha value is -3.85. The van der Waals surface area contributed by atoms with Crippen LogP contribution in [-0.2, 0) is 20.8 Å². The van der Waals surface area contributed by atoms with Crippen LogP contribution >= 0.6 is 0 Å². The summed E-state index contributed by atoms with van der Waals surface area (Å²) >= 11 is 0. The molecule has 0 saturated carbocycles. The van der Waals surface area contributed by atoms with Gasteiger partial charge in [-0.3, -0.25) is 19.3 Å². The monoisotopic (exact) mass is 516 g/mol. The molecule has 1 unspecified atom stereocenters. The van der Waals surface area contributed by atoms with Crippen LogP contribution in [0.5, 0.6) is 0 Å². The van der Waals surface area contributed by atoms with Gasteiger partial charge in [-0.15, -0.1) is 0 Å². The van der Waals surface area contributed by atoms with Gasteiger partial charge in [0.1, 0.15) is 6.17 Å². The number of nitrogens with zero attached hydrogens (tertiary/aromatic N) is 3. The quantitative estimate of drug-likeness (QED) is 0.419. The first-order chi connectivity index (χ1) is 18.4. The van der Waals surface area contributed by atoms with Crippen molar-refractivity contribution in [2.45, 2.75) is 45.3 Å². The predicted octanol–water partition coefficient (Wildman–Crippen LogP) is 2.63. The molecule has 2 aliphatic heterocycles. The van der Waals surface area contributed by atoms with Crippen LogP contribution in [0.3, 0.4) is 0 Å². The maximum absolute atomic E-state index is 13.7. The summed E-state index contributed by atoms with van der Waals surface area (Å²) in [6, 6.07) is 16.6. The number of H-pyrrole nitrogens is 1. The predicted molar refractivity (Wildman–Crippen MR) is 149 cm³/mol. The molecule has 0 spiro atoms. The summed E-state index contributed by atoms with van der Waals surface area (Å²) in [5, 5.41) is 6.64. The van der Waals surface area contributed by atoms with Gasteiger partial charge in [0.05, 0.1) is 6.42 Å².